The molecule has 0 atom stereocenters. The molecule has 3 heteroatoms. The van der Waals surface area contributed by atoms with Gasteiger partial charge in [0.25, 0.3) is 0 Å². The summed E-state index contributed by atoms with van der Waals surface area (Å²) in [5.74, 6) is 0.837. The SMILES string of the molecule is COc1cc(-c2ccccc2)cn2nccc12. The number of pyridine rings is 1. The normalized spacial score (nSPS) is 10.6. The highest BCUT2D eigenvalue weighted by molar-refractivity contribution is 5.70. The van der Waals surface area contributed by atoms with Crippen LogP contribution in [0.3, 0.4) is 0 Å². The highest BCUT2D eigenvalue weighted by Gasteiger charge is 2.06. The summed E-state index contributed by atoms with van der Waals surface area (Å²) >= 11 is 0. The van der Waals surface area contributed by atoms with Gasteiger partial charge in [0.05, 0.1) is 13.3 Å². The predicted octanol–water partition coefficient (Wildman–Crippen LogP) is 3.01. The Kier molecular flexibility index (Phi) is 2.29. The lowest BCUT2D eigenvalue weighted by atomic mass is 10.1. The van der Waals surface area contributed by atoms with Crippen molar-refractivity contribution in [3.63, 3.8) is 0 Å². The van der Waals surface area contributed by atoms with E-state index in [2.05, 4.69) is 17.2 Å². The molecule has 0 saturated heterocycles. The fraction of sp³-hybridized carbons (Fsp3) is 0.0714. The molecule has 1 aromatic carbocycles. The molecule has 0 aliphatic carbocycles. The average molecular weight is 224 g/mol. The molecule has 0 radical (unpaired) electrons. The highest BCUT2D eigenvalue weighted by atomic mass is 16.5. The van der Waals surface area contributed by atoms with E-state index in [-0.39, 0.29) is 0 Å². The van der Waals surface area contributed by atoms with E-state index in [1.165, 1.54) is 0 Å². The number of nitrogens with zero attached hydrogens (tertiary/aromatic N) is 2. The molecular formula is C14H12N2O. The van der Waals surface area contributed by atoms with Crippen LogP contribution in [0.4, 0.5) is 0 Å². The van der Waals surface area contributed by atoms with Crippen LogP contribution in [0.25, 0.3) is 16.6 Å². The van der Waals surface area contributed by atoms with Crippen molar-refractivity contribution in [3.8, 4) is 16.9 Å². The number of aromatic nitrogens is 2. The first-order valence-corrected chi connectivity index (χ1v) is 5.45. The van der Waals surface area contributed by atoms with Crippen molar-refractivity contribution in [2.75, 3.05) is 7.11 Å². The van der Waals surface area contributed by atoms with Crippen molar-refractivity contribution in [2.45, 2.75) is 0 Å². The molecule has 3 aromatic rings. The van der Waals surface area contributed by atoms with Crippen molar-refractivity contribution in [3.05, 3.63) is 54.9 Å². The van der Waals surface area contributed by atoms with E-state index < -0.39 is 0 Å². The van der Waals surface area contributed by atoms with E-state index in [4.69, 9.17) is 4.74 Å². The van der Waals surface area contributed by atoms with E-state index in [0.717, 1.165) is 22.4 Å². The Balaban J connectivity index is 2.24. The molecule has 0 aliphatic heterocycles. The van der Waals surface area contributed by atoms with Crippen molar-refractivity contribution in [1.82, 2.24) is 9.61 Å². The lowest BCUT2D eigenvalue weighted by Crippen LogP contribution is -1.93. The van der Waals surface area contributed by atoms with Gasteiger partial charge in [-0.15, -0.1) is 0 Å². The second kappa shape index (κ2) is 3.94. The molecule has 3 nitrogen and oxygen atoms in total. The Morgan fingerprint density at radius 2 is 1.88 bits per heavy atom. The molecule has 0 fully saturated rings. The van der Waals surface area contributed by atoms with E-state index in [1.807, 2.05) is 41.0 Å². The Labute approximate surface area is 99.3 Å². The standard InChI is InChI=1S/C14H12N2O/c1-17-14-9-12(11-5-3-2-4-6-11)10-16-13(14)7-8-15-16/h2-10H,1H3. The maximum atomic E-state index is 5.39. The molecule has 17 heavy (non-hydrogen) atoms. The van der Waals surface area contributed by atoms with Gasteiger partial charge in [0.2, 0.25) is 0 Å². The van der Waals surface area contributed by atoms with Crippen LogP contribution >= 0.6 is 0 Å². The van der Waals surface area contributed by atoms with Gasteiger partial charge < -0.3 is 4.74 Å². The third kappa shape index (κ3) is 1.65. The number of rotatable bonds is 2. The molecule has 0 spiro atoms. The van der Waals surface area contributed by atoms with Gasteiger partial charge in [-0.05, 0) is 17.7 Å². The third-order valence-corrected chi connectivity index (χ3v) is 2.80. The van der Waals surface area contributed by atoms with Gasteiger partial charge in [-0.3, -0.25) is 0 Å². The zero-order chi connectivity index (χ0) is 11.7. The molecule has 0 unspecified atom stereocenters. The van der Waals surface area contributed by atoms with Gasteiger partial charge in [0, 0.05) is 11.8 Å². The first-order chi connectivity index (χ1) is 8.38. The number of methoxy groups -OCH3 is 1. The molecule has 0 amide bonds. The Morgan fingerprint density at radius 1 is 1.06 bits per heavy atom. The summed E-state index contributed by atoms with van der Waals surface area (Å²) in [6.45, 7) is 0. The summed E-state index contributed by atoms with van der Waals surface area (Å²) in [5, 5.41) is 4.25. The molecule has 0 saturated carbocycles. The number of hydrogen-bond donors (Lipinski definition) is 0. The van der Waals surface area contributed by atoms with Gasteiger partial charge in [-0.2, -0.15) is 5.10 Å². The maximum Gasteiger partial charge on any atom is 0.145 e. The first kappa shape index (κ1) is 9.90. The topological polar surface area (TPSA) is 26.5 Å². The number of benzene rings is 1. The van der Waals surface area contributed by atoms with E-state index >= 15 is 0 Å². The molecular weight excluding hydrogens is 212 g/mol. The highest BCUT2D eigenvalue weighted by Crippen LogP contribution is 2.27. The molecule has 2 heterocycles. The van der Waals surface area contributed by atoms with Gasteiger partial charge in [-0.25, -0.2) is 4.52 Å². The monoisotopic (exact) mass is 224 g/mol. The van der Waals surface area contributed by atoms with Crippen LogP contribution < -0.4 is 4.74 Å². The molecule has 3 rings (SSSR count). The van der Waals surface area contributed by atoms with Crippen molar-refractivity contribution in [2.24, 2.45) is 0 Å². The van der Waals surface area contributed by atoms with Crippen LogP contribution in [-0.2, 0) is 0 Å². The summed E-state index contributed by atoms with van der Waals surface area (Å²) in [7, 11) is 1.68. The summed E-state index contributed by atoms with van der Waals surface area (Å²) in [6.07, 6.45) is 3.78. The minimum atomic E-state index is 0.837. The summed E-state index contributed by atoms with van der Waals surface area (Å²) in [4.78, 5) is 0. The molecule has 0 aliphatic rings. The zero-order valence-corrected chi connectivity index (χ0v) is 9.50. The Bertz CT molecular complexity index is 644. The summed E-state index contributed by atoms with van der Waals surface area (Å²) in [5.41, 5.74) is 3.23. The largest absolute Gasteiger partial charge is 0.494 e. The summed E-state index contributed by atoms with van der Waals surface area (Å²) < 4.78 is 7.22. The molecule has 0 bridgehead atoms. The van der Waals surface area contributed by atoms with Gasteiger partial charge in [-0.1, -0.05) is 30.3 Å². The van der Waals surface area contributed by atoms with E-state index in [1.54, 1.807) is 13.3 Å². The average Bonchev–Trinajstić information content (AvgIpc) is 2.86. The number of hydrogen-bond acceptors (Lipinski definition) is 2. The maximum absolute atomic E-state index is 5.39. The van der Waals surface area contributed by atoms with Crippen molar-refractivity contribution >= 4 is 5.52 Å². The van der Waals surface area contributed by atoms with Crippen LogP contribution in [0, 0.1) is 0 Å². The summed E-state index contributed by atoms with van der Waals surface area (Å²) in [6, 6.07) is 14.2. The van der Waals surface area contributed by atoms with Crippen LogP contribution in [0.15, 0.2) is 54.9 Å². The third-order valence-electron chi connectivity index (χ3n) is 2.80. The van der Waals surface area contributed by atoms with E-state index in [9.17, 15) is 0 Å². The predicted molar refractivity (Wildman–Crippen MR) is 67.2 cm³/mol. The smallest absolute Gasteiger partial charge is 0.145 e. The minimum Gasteiger partial charge on any atom is -0.494 e. The second-order valence-electron chi connectivity index (χ2n) is 3.82. The van der Waals surface area contributed by atoms with Crippen LogP contribution in [0.2, 0.25) is 0 Å². The van der Waals surface area contributed by atoms with Crippen LogP contribution in [0.1, 0.15) is 0 Å². The van der Waals surface area contributed by atoms with Gasteiger partial charge in [0.1, 0.15) is 11.3 Å². The first-order valence-electron chi connectivity index (χ1n) is 5.45. The fourth-order valence-corrected chi connectivity index (χ4v) is 1.95. The second-order valence-corrected chi connectivity index (χ2v) is 3.82. The Morgan fingerprint density at radius 3 is 2.65 bits per heavy atom. The molecule has 0 N–H and O–H groups in total. The Hall–Kier alpha value is -2.29. The van der Waals surface area contributed by atoms with Gasteiger partial charge >= 0.3 is 0 Å². The van der Waals surface area contributed by atoms with E-state index in [0.29, 0.717) is 0 Å². The zero-order valence-electron chi connectivity index (χ0n) is 9.50. The van der Waals surface area contributed by atoms with Gasteiger partial charge in [0.15, 0.2) is 0 Å². The minimum absolute atomic E-state index is 0.837. The molecule has 2 aromatic heterocycles. The number of fused-ring (bicyclic) bond motifs is 1. The van der Waals surface area contributed by atoms with Crippen LogP contribution in [-0.4, -0.2) is 16.7 Å². The number of ether oxygens (including phenoxy) is 1. The van der Waals surface area contributed by atoms with Crippen LogP contribution in [0.5, 0.6) is 5.75 Å². The van der Waals surface area contributed by atoms with Crippen molar-refractivity contribution in [1.29, 1.82) is 0 Å². The lowest BCUT2D eigenvalue weighted by Gasteiger charge is -2.07. The quantitative estimate of drug-likeness (QED) is 0.669. The van der Waals surface area contributed by atoms with Crippen molar-refractivity contribution < 1.29 is 4.74 Å². The fourth-order valence-electron chi connectivity index (χ4n) is 1.95. The molecule has 84 valence electrons. The lowest BCUT2D eigenvalue weighted by molar-refractivity contribution is 0.417.